The van der Waals surface area contributed by atoms with E-state index >= 15 is 0 Å². The zero-order valence-corrected chi connectivity index (χ0v) is 19.9. The van der Waals surface area contributed by atoms with Crippen molar-refractivity contribution in [3.05, 3.63) is 101 Å². The average Bonchev–Trinajstić information content (AvgIpc) is 3.23. The van der Waals surface area contributed by atoms with E-state index in [9.17, 15) is 0 Å². The first-order valence-electron chi connectivity index (χ1n) is 11.8. The maximum absolute atomic E-state index is 3.85. The van der Waals surface area contributed by atoms with Crippen molar-refractivity contribution in [3.63, 3.8) is 0 Å². The Labute approximate surface area is 184 Å². The van der Waals surface area contributed by atoms with Crippen LogP contribution in [0.5, 0.6) is 0 Å². The second kappa shape index (κ2) is 11.6. The van der Waals surface area contributed by atoms with Crippen LogP contribution in [0.15, 0.2) is 72.8 Å². The lowest BCUT2D eigenvalue weighted by atomic mass is 9.75. The van der Waals surface area contributed by atoms with E-state index in [1.807, 2.05) is 41.5 Å². The molecule has 160 valence electrons. The van der Waals surface area contributed by atoms with E-state index < -0.39 is 0 Å². The van der Waals surface area contributed by atoms with Gasteiger partial charge in [-0.05, 0) is 47.6 Å². The fourth-order valence-corrected chi connectivity index (χ4v) is 4.67. The van der Waals surface area contributed by atoms with Gasteiger partial charge in [0.1, 0.15) is 0 Å². The zero-order chi connectivity index (χ0) is 22.1. The van der Waals surface area contributed by atoms with E-state index in [2.05, 4.69) is 85.0 Å². The molecule has 1 aliphatic carbocycles. The first-order chi connectivity index (χ1) is 14.8. The van der Waals surface area contributed by atoms with Crippen LogP contribution in [-0.4, -0.2) is 0 Å². The second-order valence-electron chi connectivity index (χ2n) is 7.17. The fraction of sp³-hybridized carbons (Fsp3) is 0.379. The summed E-state index contributed by atoms with van der Waals surface area (Å²) in [5.41, 5.74) is 8.55. The van der Waals surface area contributed by atoms with E-state index in [4.69, 9.17) is 0 Å². The second-order valence-corrected chi connectivity index (χ2v) is 7.17. The van der Waals surface area contributed by atoms with Crippen LogP contribution in [0, 0.1) is 12.8 Å². The normalized spacial score (nSPS) is 19.6. The summed E-state index contributed by atoms with van der Waals surface area (Å²) in [7, 11) is 0. The Kier molecular flexibility index (Phi) is 9.17. The van der Waals surface area contributed by atoms with Crippen molar-refractivity contribution in [1.29, 1.82) is 0 Å². The molecule has 0 amide bonds. The van der Waals surface area contributed by atoms with Gasteiger partial charge >= 0.3 is 0 Å². The van der Waals surface area contributed by atoms with Gasteiger partial charge < -0.3 is 5.32 Å². The molecule has 0 fully saturated rings. The number of aryl methyl sites for hydroxylation is 1. The van der Waals surface area contributed by atoms with Gasteiger partial charge in [-0.1, -0.05) is 114 Å². The molecule has 0 aromatic heterocycles. The predicted molar refractivity (Wildman–Crippen MR) is 134 cm³/mol. The summed E-state index contributed by atoms with van der Waals surface area (Å²) in [6.45, 7) is 14.2. The molecular weight excluding hydrogens is 362 g/mol. The average molecular weight is 402 g/mol. The van der Waals surface area contributed by atoms with Crippen LogP contribution < -0.4 is 5.32 Å². The summed E-state index contributed by atoms with van der Waals surface area (Å²) in [5, 5.41) is 3.85. The summed E-state index contributed by atoms with van der Waals surface area (Å²) in [5.74, 6) is 1.08. The minimum Gasteiger partial charge on any atom is -0.378 e. The van der Waals surface area contributed by atoms with Crippen LogP contribution in [0.4, 0.5) is 5.69 Å². The topological polar surface area (TPSA) is 12.0 Å². The molecule has 3 aromatic carbocycles. The van der Waals surface area contributed by atoms with E-state index in [-0.39, 0.29) is 0 Å². The summed E-state index contributed by atoms with van der Waals surface area (Å²) in [4.78, 5) is 0. The molecule has 1 heteroatoms. The van der Waals surface area contributed by atoms with Gasteiger partial charge in [-0.15, -0.1) is 0 Å². The molecule has 3 unspecified atom stereocenters. The van der Waals surface area contributed by atoms with Gasteiger partial charge in [0, 0.05) is 11.6 Å². The van der Waals surface area contributed by atoms with Gasteiger partial charge in [0.2, 0.25) is 0 Å². The molecule has 0 bridgehead atoms. The quantitative estimate of drug-likeness (QED) is 0.430. The maximum Gasteiger partial charge on any atom is 0.0554 e. The van der Waals surface area contributed by atoms with Crippen LogP contribution in [0.2, 0.25) is 0 Å². The van der Waals surface area contributed by atoms with Crippen molar-refractivity contribution in [2.24, 2.45) is 5.92 Å². The van der Waals surface area contributed by atoms with Gasteiger partial charge in [-0.2, -0.15) is 0 Å². The number of nitrogens with one attached hydrogen (secondary N) is 1. The first kappa shape index (κ1) is 23.7. The van der Waals surface area contributed by atoms with Gasteiger partial charge in [0.05, 0.1) is 6.04 Å². The minimum absolute atomic E-state index is 0.374. The molecule has 3 atom stereocenters. The molecule has 1 N–H and O–H groups in total. The number of benzene rings is 3. The third-order valence-corrected chi connectivity index (χ3v) is 5.71. The highest BCUT2D eigenvalue weighted by Crippen LogP contribution is 2.53. The Morgan fingerprint density at radius 2 is 1.33 bits per heavy atom. The number of hydrogen-bond donors (Lipinski definition) is 1. The summed E-state index contributed by atoms with van der Waals surface area (Å²) in [6.07, 6.45) is 1.15. The molecule has 5 rings (SSSR count). The molecule has 0 saturated heterocycles. The summed E-state index contributed by atoms with van der Waals surface area (Å²) >= 11 is 0. The van der Waals surface area contributed by atoms with E-state index in [1.54, 1.807) is 0 Å². The monoisotopic (exact) mass is 401 g/mol. The smallest absolute Gasteiger partial charge is 0.0554 e. The number of hydrogen-bond acceptors (Lipinski definition) is 1. The Morgan fingerprint density at radius 1 is 0.700 bits per heavy atom. The Hall–Kier alpha value is -2.54. The lowest BCUT2D eigenvalue weighted by Gasteiger charge is -2.38. The molecule has 30 heavy (non-hydrogen) atoms. The van der Waals surface area contributed by atoms with Crippen molar-refractivity contribution in [2.75, 3.05) is 5.32 Å². The Morgan fingerprint density at radius 3 is 2.03 bits per heavy atom. The molecule has 3 aromatic rings. The highest BCUT2D eigenvalue weighted by Gasteiger charge is 2.43. The molecule has 1 nitrogen and oxygen atoms in total. The number of anilines is 1. The van der Waals surface area contributed by atoms with Crippen molar-refractivity contribution >= 4 is 5.69 Å². The predicted octanol–water partition coefficient (Wildman–Crippen LogP) is 8.54. The van der Waals surface area contributed by atoms with Crippen LogP contribution >= 0.6 is 0 Å². The molecule has 0 spiro atoms. The molecule has 2 aliphatic rings. The molecule has 0 radical (unpaired) electrons. The Bertz CT molecular complexity index is 897. The lowest BCUT2D eigenvalue weighted by Crippen LogP contribution is -2.30. The molecular formula is C29H39N. The summed E-state index contributed by atoms with van der Waals surface area (Å²) < 4.78 is 0. The fourth-order valence-electron chi connectivity index (χ4n) is 4.67. The van der Waals surface area contributed by atoms with Gasteiger partial charge in [0.25, 0.3) is 0 Å². The van der Waals surface area contributed by atoms with E-state index in [0.717, 1.165) is 6.42 Å². The maximum atomic E-state index is 3.85. The number of fused-ring (bicyclic) bond motifs is 5. The largest absolute Gasteiger partial charge is 0.378 e. The Balaban J connectivity index is 0.000000493. The van der Waals surface area contributed by atoms with E-state index in [1.165, 1.54) is 33.5 Å². The van der Waals surface area contributed by atoms with E-state index in [0.29, 0.717) is 17.9 Å². The molecule has 0 saturated carbocycles. The van der Waals surface area contributed by atoms with Gasteiger partial charge in [-0.25, -0.2) is 0 Å². The third-order valence-electron chi connectivity index (χ3n) is 5.71. The van der Waals surface area contributed by atoms with Crippen LogP contribution in [0.1, 0.15) is 81.3 Å². The first-order valence-corrected chi connectivity index (χ1v) is 11.8. The highest BCUT2D eigenvalue weighted by atomic mass is 15.0. The molecule has 1 heterocycles. The summed E-state index contributed by atoms with van der Waals surface area (Å²) in [6, 6.07) is 27.2. The highest BCUT2D eigenvalue weighted by molar-refractivity contribution is 5.63. The zero-order valence-electron chi connectivity index (χ0n) is 19.9. The number of rotatable bonds is 1. The molecule has 1 aliphatic heterocycles. The van der Waals surface area contributed by atoms with Gasteiger partial charge in [0.15, 0.2) is 0 Å². The van der Waals surface area contributed by atoms with Crippen LogP contribution in [-0.2, 0) is 6.42 Å². The van der Waals surface area contributed by atoms with Crippen LogP contribution in [0.3, 0.4) is 0 Å². The standard InChI is InChI=1S/C23H21N.3C2H6/c1-15-11-12-21-19(13-15)22-18-10-6-5-9-17(18)14-20(22)23(24-21)16-7-3-2-4-8-16;3*1-2/h2-13,20,22-24H,14H2,1H3;3*1-2H3. The SMILES string of the molecule is CC.CC.CC.Cc1ccc2c(c1)C1c3ccccc3CC1C(c1ccccc1)N2. The van der Waals surface area contributed by atoms with Crippen molar-refractivity contribution in [1.82, 2.24) is 0 Å². The third kappa shape index (κ3) is 4.61. The van der Waals surface area contributed by atoms with Crippen LogP contribution in [0.25, 0.3) is 0 Å². The van der Waals surface area contributed by atoms with Crippen molar-refractivity contribution in [2.45, 2.75) is 66.8 Å². The minimum atomic E-state index is 0.374. The van der Waals surface area contributed by atoms with Gasteiger partial charge in [-0.3, -0.25) is 0 Å². The van der Waals surface area contributed by atoms with Crippen molar-refractivity contribution in [3.8, 4) is 0 Å². The lowest BCUT2D eigenvalue weighted by molar-refractivity contribution is 0.421. The van der Waals surface area contributed by atoms with Crippen molar-refractivity contribution < 1.29 is 0 Å².